The van der Waals surface area contributed by atoms with Crippen molar-refractivity contribution in [1.29, 1.82) is 0 Å². The number of sulfonamides is 1. The van der Waals surface area contributed by atoms with Gasteiger partial charge in [-0.3, -0.25) is 4.79 Å². The minimum absolute atomic E-state index is 0.112. The molecule has 0 radical (unpaired) electrons. The average molecular weight is 208 g/mol. The summed E-state index contributed by atoms with van der Waals surface area (Å²) in [4.78, 5) is 13.0. The molecule has 78 valence electrons. The molecular formula is C7H16N2O3S. The lowest BCUT2D eigenvalue weighted by molar-refractivity contribution is -0.126. The van der Waals surface area contributed by atoms with Crippen LogP contribution in [0.4, 0.5) is 0 Å². The summed E-state index contributed by atoms with van der Waals surface area (Å²) < 4.78 is 23.0. The third kappa shape index (κ3) is 4.23. The van der Waals surface area contributed by atoms with Gasteiger partial charge in [0.05, 0.1) is 12.8 Å². The van der Waals surface area contributed by atoms with E-state index in [0.717, 1.165) is 10.6 Å². The molecule has 0 unspecified atom stereocenters. The number of carbonyl (C=O) groups is 1. The molecule has 0 aromatic carbocycles. The summed E-state index contributed by atoms with van der Waals surface area (Å²) in [6, 6.07) is 0. The van der Waals surface area contributed by atoms with Gasteiger partial charge in [-0.15, -0.1) is 0 Å². The number of hydrogen-bond acceptors (Lipinski definition) is 4. The van der Waals surface area contributed by atoms with Crippen LogP contribution in [0.3, 0.4) is 0 Å². The quantitative estimate of drug-likeness (QED) is 0.616. The summed E-state index contributed by atoms with van der Waals surface area (Å²) in [5.41, 5.74) is 0. The van der Waals surface area contributed by atoms with E-state index in [0.29, 0.717) is 0 Å². The van der Waals surface area contributed by atoms with E-state index >= 15 is 0 Å². The van der Waals surface area contributed by atoms with Crippen molar-refractivity contribution in [3.8, 4) is 0 Å². The number of likely N-dealkylation sites (N-methyl/N-ethyl adjacent to an activating group) is 2. The van der Waals surface area contributed by atoms with Gasteiger partial charge in [0, 0.05) is 6.54 Å². The van der Waals surface area contributed by atoms with Gasteiger partial charge in [-0.25, -0.2) is 12.7 Å². The van der Waals surface area contributed by atoms with Gasteiger partial charge in [-0.2, -0.15) is 0 Å². The molecule has 0 heterocycles. The molecule has 0 aliphatic rings. The van der Waals surface area contributed by atoms with Crippen molar-refractivity contribution in [1.82, 2.24) is 9.21 Å². The summed E-state index contributed by atoms with van der Waals surface area (Å²) in [6.45, 7) is 1.93. The van der Waals surface area contributed by atoms with E-state index < -0.39 is 15.9 Å². The molecule has 0 aliphatic carbocycles. The third-order valence-corrected chi connectivity index (χ3v) is 2.68. The highest BCUT2D eigenvalue weighted by atomic mass is 32.2. The van der Waals surface area contributed by atoms with Crippen LogP contribution in [-0.4, -0.2) is 57.0 Å². The van der Waals surface area contributed by atoms with Gasteiger partial charge < -0.3 is 4.90 Å². The molecule has 0 saturated carbocycles. The van der Waals surface area contributed by atoms with Crippen LogP contribution in [0.1, 0.15) is 6.92 Å². The number of carbonyl (C=O) groups excluding carboxylic acids is 1. The lowest BCUT2D eigenvalue weighted by atomic mass is 10.5. The Labute approximate surface area is 79.4 Å². The monoisotopic (exact) mass is 208 g/mol. The Balaban J connectivity index is 4.52. The molecule has 0 bridgehead atoms. The Bertz CT molecular complexity index is 271. The molecule has 0 saturated heterocycles. The van der Waals surface area contributed by atoms with Crippen LogP contribution in [0.15, 0.2) is 0 Å². The maximum Gasteiger partial charge on any atom is 0.250 e. The molecule has 0 spiro atoms. The fourth-order valence-electron chi connectivity index (χ4n) is 0.945. The third-order valence-electron chi connectivity index (χ3n) is 1.42. The van der Waals surface area contributed by atoms with Crippen molar-refractivity contribution in [3.05, 3.63) is 0 Å². The molecular weight excluding hydrogens is 192 g/mol. The second-order valence-corrected chi connectivity index (χ2v) is 4.97. The highest BCUT2D eigenvalue weighted by molar-refractivity contribution is 7.88. The Morgan fingerprint density at radius 2 is 1.77 bits per heavy atom. The summed E-state index contributed by atoms with van der Waals surface area (Å²) in [6.07, 6.45) is 1.03. The zero-order valence-electron chi connectivity index (χ0n) is 8.44. The molecule has 0 aromatic rings. The highest BCUT2D eigenvalue weighted by Gasteiger charge is 2.20. The molecule has 0 aliphatic heterocycles. The number of rotatable bonds is 4. The van der Waals surface area contributed by atoms with Gasteiger partial charge in [0.1, 0.15) is 0 Å². The summed E-state index contributed by atoms with van der Waals surface area (Å²) in [7, 11) is 0.0299. The van der Waals surface area contributed by atoms with Crippen molar-refractivity contribution in [2.75, 3.05) is 33.4 Å². The van der Waals surface area contributed by atoms with Crippen molar-refractivity contribution in [3.63, 3.8) is 0 Å². The summed E-state index contributed by atoms with van der Waals surface area (Å²) in [5, 5.41) is 0. The highest BCUT2D eigenvalue weighted by Crippen LogP contribution is 1.98. The van der Waals surface area contributed by atoms with Gasteiger partial charge in [0.25, 0.3) is 0 Å². The lowest BCUT2D eigenvalue weighted by Crippen LogP contribution is -2.41. The lowest BCUT2D eigenvalue weighted by Gasteiger charge is -2.20. The largest absolute Gasteiger partial charge is 0.301 e. The molecule has 0 fully saturated rings. The van der Waals surface area contributed by atoms with E-state index in [1.807, 2.05) is 0 Å². The molecule has 1 amide bonds. The number of nitrogens with zero attached hydrogens (tertiary/aromatic N) is 2. The van der Waals surface area contributed by atoms with Crippen molar-refractivity contribution >= 4 is 15.9 Å². The molecule has 0 N–H and O–H groups in total. The van der Waals surface area contributed by atoms with Crippen molar-refractivity contribution < 1.29 is 13.2 Å². The smallest absolute Gasteiger partial charge is 0.250 e. The Hall–Kier alpha value is -0.620. The molecule has 0 rings (SSSR count). The van der Waals surface area contributed by atoms with E-state index in [2.05, 4.69) is 0 Å². The summed E-state index contributed by atoms with van der Waals surface area (Å²) in [5.74, 6) is -0.394. The summed E-state index contributed by atoms with van der Waals surface area (Å²) >= 11 is 0. The Morgan fingerprint density at radius 3 is 2.00 bits per heavy atom. The van der Waals surface area contributed by atoms with Crippen LogP contribution in [0.2, 0.25) is 0 Å². The van der Waals surface area contributed by atoms with Crippen LogP contribution in [0.5, 0.6) is 0 Å². The van der Waals surface area contributed by atoms with Crippen LogP contribution in [0.25, 0.3) is 0 Å². The maximum atomic E-state index is 11.3. The molecule has 0 atom stereocenters. The van der Waals surface area contributed by atoms with E-state index in [1.165, 1.54) is 0 Å². The fraction of sp³-hybridized carbons (Fsp3) is 0.857. The molecule has 6 heteroatoms. The zero-order chi connectivity index (χ0) is 10.6. The standard InChI is InChI=1S/C7H16N2O3S/c1-5-9(13(4,11)12)7(10)6-8(2)3/h5-6H2,1-4H3. The second kappa shape index (κ2) is 4.57. The molecule has 13 heavy (non-hydrogen) atoms. The maximum absolute atomic E-state index is 11.3. The van der Waals surface area contributed by atoms with Crippen molar-refractivity contribution in [2.24, 2.45) is 0 Å². The van der Waals surface area contributed by atoms with Gasteiger partial charge in [-0.1, -0.05) is 0 Å². The first kappa shape index (κ1) is 12.4. The van der Waals surface area contributed by atoms with E-state index in [-0.39, 0.29) is 13.1 Å². The molecule has 5 nitrogen and oxygen atoms in total. The van der Waals surface area contributed by atoms with E-state index in [1.54, 1.807) is 25.9 Å². The zero-order valence-corrected chi connectivity index (χ0v) is 9.26. The molecule has 0 aromatic heterocycles. The van der Waals surface area contributed by atoms with E-state index in [9.17, 15) is 13.2 Å². The average Bonchev–Trinajstić information content (AvgIpc) is 1.82. The minimum atomic E-state index is -3.40. The fourth-order valence-corrected chi connectivity index (χ4v) is 1.84. The predicted octanol–water partition coefficient (Wildman–Crippen LogP) is -0.644. The number of hydrogen-bond donors (Lipinski definition) is 0. The van der Waals surface area contributed by atoms with Gasteiger partial charge in [-0.05, 0) is 21.0 Å². The normalized spacial score (nSPS) is 11.8. The first-order chi connectivity index (χ1) is 5.79. The van der Waals surface area contributed by atoms with Crippen LogP contribution >= 0.6 is 0 Å². The first-order valence-electron chi connectivity index (χ1n) is 3.94. The minimum Gasteiger partial charge on any atom is -0.301 e. The van der Waals surface area contributed by atoms with E-state index in [4.69, 9.17) is 0 Å². The topological polar surface area (TPSA) is 57.7 Å². The van der Waals surface area contributed by atoms with Gasteiger partial charge in [0.2, 0.25) is 15.9 Å². The predicted molar refractivity (Wildman–Crippen MR) is 50.8 cm³/mol. The van der Waals surface area contributed by atoms with Crippen LogP contribution < -0.4 is 0 Å². The first-order valence-corrected chi connectivity index (χ1v) is 5.79. The van der Waals surface area contributed by atoms with Crippen LogP contribution in [0, 0.1) is 0 Å². The van der Waals surface area contributed by atoms with Gasteiger partial charge >= 0.3 is 0 Å². The SMILES string of the molecule is CCN(C(=O)CN(C)C)S(C)(=O)=O. The van der Waals surface area contributed by atoms with Crippen LogP contribution in [-0.2, 0) is 14.8 Å². The second-order valence-electron chi connectivity index (χ2n) is 3.06. The van der Waals surface area contributed by atoms with Crippen molar-refractivity contribution in [2.45, 2.75) is 6.92 Å². The number of amides is 1. The Kier molecular flexibility index (Phi) is 4.35. The van der Waals surface area contributed by atoms with Gasteiger partial charge in [0.15, 0.2) is 0 Å². The Morgan fingerprint density at radius 1 is 1.31 bits per heavy atom.